The highest BCUT2D eigenvalue weighted by Gasteiger charge is 2.44. The number of nitrogens with zero attached hydrogens (tertiary/aromatic N) is 5. The van der Waals surface area contributed by atoms with Crippen LogP contribution in [0.3, 0.4) is 0 Å². The third kappa shape index (κ3) is 6.82. The van der Waals surface area contributed by atoms with E-state index in [0.717, 1.165) is 60.4 Å². The van der Waals surface area contributed by atoms with E-state index in [4.69, 9.17) is 11.6 Å². The molecule has 1 N–H and O–H groups in total. The van der Waals surface area contributed by atoms with E-state index >= 15 is 0 Å². The maximum absolute atomic E-state index is 14.0. The van der Waals surface area contributed by atoms with Gasteiger partial charge in [-0.1, -0.05) is 61.9 Å². The average Bonchev–Trinajstić information content (AvgIpc) is 3.41. The van der Waals surface area contributed by atoms with E-state index in [9.17, 15) is 23.1 Å². The van der Waals surface area contributed by atoms with Crippen LogP contribution in [0.15, 0.2) is 54.4 Å². The maximum Gasteiger partial charge on any atom is 0.433 e. The van der Waals surface area contributed by atoms with Gasteiger partial charge in [-0.05, 0) is 30.4 Å². The number of carboxylic acid groups (broad SMARTS) is 1. The van der Waals surface area contributed by atoms with Crippen LogP contribution in [0.4, 0.5) is 13.2 Å². The smallest absolute Gasteiger partial charge is 0.433 e. The largest absolute Gasteiger partial charge is 0.478 e. The molecule has 1 aliphatic carbocycles. The van der Waals surface area contributed by atoms with Gasteiger partial charge in [-0.3, -0.25) is 9.58 Å². The van der Waals surface area contributed by atoms with Crippen LogP contribution in [0.25, 0.3) is 5.57 Å². The number of carboxylic acids is 1. The Hall–Kier alpha value is -2.53. The average molecular weight is 629 g/mol. The van der Waals surface area contributed by atoms with Crippen LogP contribution in [0.1, 0.15) is 60.8 Å². The minimum atomic E-state index is -4.84. The van der Waals surface area contributed by atoms with Gasteiger partial charge in [0, 0.05) is 63.5 Å². The first-order valence-corrected chi connectivity index (χ1v) is 14.6. The molecule has 42 heavy (non-hydrogen) atoms. The molecule has 0 saturated carbocycles. The van der Waals surface area contributed by atoms with Crippen molar-refractivity contribution in [3.63, 3.8) is 0 Å². The lowest BCUT2D eigenvalue weighted by Crippen LogP contribution is -2.55. The Morgan fingerprint density at radius 3 is 2.45 bits per heavy atom. The zero-order valence-electron chi connectivity index (χ0n) is 23.9. The van der Waals surface area contributed by atoms with E-state index in [1.807, 2.05) is 30.3 Å². The summed E-state index contributed by atoms with van der Waals surface area (Å²) in [5.41, 5.74) is 0.981. The molecule has 2 unspecified atom stereocenters. The molecule has 0 spiro atoms. The molecule has 0 bridgehead atoms. The predicted octanol–water partition coefficient (Wildman–Crippen LogP) is 6.24. The third-order valence-corrected chi connectivity index (χ3v) is 8.75. The van der Waals surface area contributed by atoms with Crippen LogP contribution in [0.2, 0.25) is 0 Å². The van der Waals surface area contributed by atoms with Gasteiger partial charge in [0.25, 0.3) is 0 Å². The quantitative estimate of drug-likeness (QED) is 0.290. The summed E-state index contributed by atoms with van der Waals surface area (Å²) < 4.78 is 42.9. The molecule has 2 saturated heterocycles. The molecular formula is C30H38Cl2F3N5O2. The van der Waals surface area contributed by atoms with E-state index in [0.29, 0.717) is 31.7 Å². The number of hydrogen-bond acceptors (Lipinski definition) is 5. The van der Waals surface area contributed by atoms with Gasteiger partial charge in [0.05, 0.1) is 12.2 Å². The van der Waals surface area contributed by atoms with Crippen molar-refractivity contribution in [3.8, 4) is 0 Å². The number of aromatic nitrogens is 2. The van der Waals surface area contributed by atoms with Gasteiger partial charge in [0.15, 0.2) is 5.69 Å². The Labute approximate surface area is 256 Å². The molecule has 7 nitrogen and oxygen atoms in total. The molecular weight excluding hydrogens is 590 g/mol. The third-order valence-electron chi connectivity index (χ3n) is 8.26. The zero-order chi connectivity index (χ0) is 29.4. The lowest BCUT2D eigenvalue weighted by molar-refractivity contribution is -0.145. The van der Waals surface area contributed by atoms with Crippen molar-refractivity contribution >= 4 is 35.6 Å². The normalized spacial score (nSPS) is 24.3. The molecule has 3 aliphatic rings. The summed E-state index contributed by atoms with van der Waals surface area (Å²) in [7, 11) is 0. The van der Waals surface area contributed by atoms with E-state index in [2.05, 4.69) is 45.8 Å². The minimum Gasteiger partial charge on any atom is -0.478 e. The Morgan fingerprint density at radius 2 is 1.83 bits per heavy atom. The van der Waals surface area contributed by atoms with Crippen molar-refractivity contribution in [1.82, 2.24) is 24.5 Å². The number of benzene rings is 1. The number of hydrogen-bond donors (Lipinski definition) is 1. The van der Waals surface area contributed by atoms with Crippen molar-refractivity contribution < 1.29 is 23.1 Å². The molecule has 2 aromatic rings. The summed E-state index contributed by atoms with van der Waals surface area (Å²) in [6.07, 6.45) is 1.72. The molecule has 1 aromatic carbocycles. The van der Waals surface area contributed by atoms with Crippen molar-refractivity contribution in [2.75, 3.05) is 45.8 Å². The Balaban J connectivity index is 0.00000405. The van der Waals surface area contributed by atoms with E-state index < -0.39 is 34.4 Å². The molecule has 5 rings (SSSR count). The van der Waals surface area contributed by atoms with Crippen LogP contribution >= 0.6 is 24.0 Å². The Bertz CT molecular complexity index is 1310. The molecule has 0 radical (unpaired) electrons. The summed E-state index contributed by atoms with van der Waals surface area (Å²) in [6.45, 7) is 9.96. The van der Waals surface area contributed by atoms with Crippen LogP contribution in [-0.4, -0.2) is 86.4 Å². The van der Waals surface area contributed by atoms with Crippen LogP contribution in [-0.2, 0) is 6.18 Å². The molecule has 3 heterocycles. The molecule has 0 amide bonds. The Morgan fingerprint density at radius 1 is 1.14 bits per heavy atom. The fourth-order valence-electron chi connectivity index (χ4n) is 6.37. The summed E-state index contributed by atoms with van der Waals surface area (Å²) in [6, 6.07) is 9.31. The second kappa shape index (κ2) is 13.0. The van der Waals surface area contributed by atoms with Gasteiger partial charge in [-0.15, -0.1) is 12.4 Å². The summed E-state index contributed by atoms with van der Waals surface area (Å²) in [5, 5.41) is 13.3. The number of piperazine rings is 1. The highest BCUT2D eigenvalue weighted by atomic mass is 35.5. The van der Waals surface area contributed by atoms with Gasteiger partial charge < -0.3 is 14.9 Å². The monoisotopic (exact) mass is 627 g/mol. The number of alkyl halides is 4. The number of likely N-dealkylation sites (tertiary alicyclic amines) is 1. The lowest BCUT2D eigenvalue weighted by atomic mass is 9.90. The molecule has 230 valence electrons. The zero-order valence-corrected chi connectivity index (χ0v) is 25.4. The van der Waals surface area contributed by atoms with Crippen molar-refractivity contribution in [3.05, 3.63) is 71.2 Å². The van der Waals surface area contributed by atoms with Gasteiger partial charge in [0.2, 0.25) is 0 Å². The van der Waals surface area contributed by atoms with Gasteiger partial charge >= 0.3 is 12.1 Å². The summed E-state index contributed by atoms with van der Waals surface area (Å²) in [5.74, 6) is -1.04. The van der Waals surface area contributed by atoms with Gasteiger partial charge in [-0.2, -0.15) is 18.3 Å². The van der Waals surface area contributed by atoms with E-state index in [-0.39, 0.29) is 19.0 Å². The number of halogens is 5. The van der Waals surface area contributed by atoms with Crippen molar-refractivity contribution in [2.45, 2.75) is 50.3 Å². The fourth-order valence-corrected chi connectivity index (χ4v) is 6.73. The second-order valence-corrected chi connectivity index (χ2v) is 12.3. The number of aromatic carboxylic acids is 1. The van der Waals surface area contributed by atoms with Crippen LogP contribution in [0.5, 0.6) is 0 Å². The van der Waals surface area contributed by atoms with Crippen LogP contribution in [0, 0.1) is 5.92 Å². The molecule has 2 fully saturated rings. The summed E-state index contributed by atoms with van der Waals surface area (Å²) >= 11 is 7.38. The minimum absolute atomic E-state index is 0. The predicted molar refractivity (Wildman–Crippen MR) is 160 cm³/mol. The molecule has 2 aliphatic heterocycles. The first-order valence-electron chi connectivity index (χ1n) is 14.2. The number of carbonyl (C=O) groups is 1. The number of allylic oxidation sites excluding steroid dienone is 2. The van der Waals surface area contributed by atoms with Crippen molar-refractivity contribution in [1.29, 1.82) is 0 Å². The van der Waals surface area contributed by atoms with Gasteiger partial charge in [-0.25, -0.2) is 4.79 Å². The number of piperidine rings is 1. The second-order valence-electron chi connectivity index (χ2n) is 11.6. The lowest BCUT2D eigenvalue weighted by Gasteiger charge is -2.47. The van der Waals surface area contributed by atoms with Crippen molar-refractivity contribution in [2.24, 2.45) is 5.92 Å². The first-order chi connectivity index (χ1) is 19.5. The van der Waals surface area contributed by atoms with Gasteiger partial charge in [0.1, 0.15) is 10.6 Å². The van der Waals surface area contributed by atoms with Crippen LogP contribution < -0.4 is 0 Å². The van der Waals surface area contributed by atoms with E-state index in [1.54, 1.807) is 0 Å². The molecule has 12 heteroatoms. The maximum atomic E-state index is 14.0. The SMILES string of the molecule is CC(C)CN1CCN(C2(Cl)C=CC(c3ccccc3)=C(N3CCCC(n4ncc(C(=O)O)c4C(F)(F)F)C3)C2)CC1.Cl. The standard InChI is InChI=1S/C30H37ClF3N5O2.ClH/c1-21(2)19-36-13-15-38(16-14-36)29(31)11-10-24(22-7-4-3-5-8-22)26(17-29)37-12-6-9-23(20-37)39-27(30(32,33)34)25(18-35-39)28(40)41;/h3-5,7-8,10-11,18,21,23H,6,9,12-17,19-20H2,1-2H3,(H,40,41);1H. The molecule has 1 aromatic heterocycles. The van der Waals surface area contributed by atoms with E-state index in [1.165, 1.54) is 0 Å². The highest BCUT2D eigenvalue weighted by Crippen LogP contribution is 2.43. The summed E-state index contributed by atoms with van der Waals surface area (Å²) in [4.78, 5) is 17.7. The number of rotatable bonds is 7. The topological polar surface area (TPSA) is 64.8 Å². The molecule has 2 atom stereocenters. The Kier molecular flexibility index (Phi) is 10.0. The highest BCUT2D eigenvalue weighted by molar-refractivity contribution is 6.25. The fraction of sp³-hybridized carbons (Fsp3) is 0.533. The first kappa shape index (κ1) is 32.4.